The fourth-order valence-corrected chi connectivity index (χ4v) is 2.26. The van der Waals surface area contributed by atoms with Crippen LogP contribution in [0.2, 0.25) is 0 Å². The highest BCUT2D eigenvalue weighted by Gasteiger charge is 2.28. The molecule has 0 amide bonds. The smallest absolute Gasteiger partial charge is 0.309 e. The molecule has 0 aromatic heterocycles. The summed E-state index contributed by atoms with van der Waals surface area (Å²) < 4.78 is 22.7. The molecule has 0 N–H and O–H groups in total. The maximum Gasteiger partial charge on any atom is 0.327 e. The summed E-state index contributed by atoms with van der Waals surface area (Å²) in [4.78, 5) is 0. The highest BCUT2D eigenvalue weighted by molar-refractivity contribution is 7.53. The van der Waals surface area contributed by atoms with E-state index in [1.54, 1.807) is 6.66 Å². The number of rotatable bonds is 6. The van der Waals surface area contributed by atoms with Crippen molar-refractivity contribution in [2.24, 2.45) is 5.41 Å². The molecule has 0 rings (SSSR count). The van der Waals surface area contributed by atoms with Crippen molar-refractivity contribution < 1.29 is 13.6 Å². The summed E-state index contributed by atoms with van der Waals surface area (Å²) in [7, 11) is -2.87. The molecule has 0 spiro atoms. The minimum absolute atomic E-state index is 0.0141. The van der Waals surface area contributed by atoms with Gasteiger partial charge >= 0.3 is 7.60 Å². The topological polar surface area (TPSA) is 35.5 Å². The minimum Gasteiger partial charge on any atom is -0.309 e. The largest absolute Gasteiger partial charge is 0.327 e. The van der Waals surface area contributed by atoms with Gasteiger partial charge in [-0.05, 0) is 18.8 Å². The molecule has 0 saturated heterocycles. The van der Waals surface area contributed by atoms with Crippen molar-refractivity contribution in [3.8, 4) is 0 Å². The van der Waals surface area contributed by atoms with Crippen molar-refractivity contribution in [2.75, 3.05) is 13.3 Å². The average Bonchev–Trinajstić information content (AvgIpc) is 2.01. The Morgan fingerprint density at radius 3 is 2.27 bits per heavy atom. The van der Waals surface area contributed by atoms with Crippen LogP contribution in [0.15, 0.2) is 0 Å². The SMILES string of the molecule is CCCCOP(C)(=O)OC(C)C(C)(C)C. The lowest BCUT2D eigenvalue weighted by Gasteiger charge is -2.29. The van der Waals surface area contributed by atoms with Crippen LogP contribution in [0.4, 0.5) is 0 Å². The van der Waals surface area contributed by atoms with Gasteiger partial charge < -0.3 is 9.05 Å². The summed E-state index contributed by atoms with van der Waals surface area (Å²) in [6.45, 7) is 12.2. The molecular formula is C11H25O3P. The lowest BCUT2D eigenvalue weighted by molar-refractivity contribution is 0.0797. The van der Waals surface area contributed by atoms with Crippen LogP contribution in [0.25, 0.3) is 0 Å². The van der Waals surface area contributed by atoms with Crippen LogP contribution >= 0.6 is 7.60 Å². The number of hydrogen-bond acceptors (Lipinski definition) is 3. The van der Waals surface area contributed by atoms with Crippen LogP contribution < -0.4 is 0 Å². The molecule has 4 heteroatoms. The van der Waals surface area contributed by atoms with E-state index in [1.165, 1.54) is 0 Å². The van der Waals surface area contributed by atoms with Crippen LogP contribution in [0.1, 0.15) is 47.5 Å². The molecule has 2 unspecified atom stereocenters. The molecule has 0 aromatic rings. The average molecular weight is 236 g/mol. The van der Waals surface area contributed by atoms with Gasteiger partial charge in [0, 0.05) is 6.66 Å². The van der Waals surface area contributed by atoms with Crippen molar-refractivity contribution >= 4 is 7.60 Å². The summed E-state index contributed by atoms with van der Waals surface area (Å²) in [6.07, 6.45) is 1.88. The minimum atomic E-state index is -2.87. The second kappa shape index (κ2) is 6.03. The molecular weight excluding hydrogens is 211 g/mol. The van der Waals surface area contributed by atoms with Gasteiger partial charge in [-0.1, -0.05) is 34.1 Å². The van der Waals surface area contributed by atoms with E-state index in [0.717, 1.165) is 12.8 Å². The van der Waals surface area contributed by atoms with Crippen LogP contribution in [0.5, 0.6) is 0 Å². The van der Waals surface area contributed by atoms with Gasteiger partial charge in [0.05, 0.1) is 12.7 Å². The third-order valence-electron chi connectivity index (χ3n) is 2.39. The molecule has 0 aliphatic carbocycles. The summed E-state index contributed by atoms with van der Waals surface area (Å²) in [5.41, 5.74) is -0.0141. The number of hydrogen-bond donors (Lipinski definition) is 0. The molecule has 0 radical (unpaired) electrons. The van der Waals surface area contributed by atoms with E-state index in [9.17, 15) is 4.57 Å². The molecule has 0 aliphatic rings. The molecule has 3 nitrogen and oxygen atoms in total. The van der Waals surface area contributed by atoms with E-state index in [0.29, 0.717) is 6.61 Å². The molecule has 0 saturated carbocycles. The first-order valence-electron chi connectivity index (χ1n) is 5.59. The first kappa shape index (κ1) is 15.2. The predicted octanol–water partition coefficient (Wildman–Crippen LogP) is 4.08. The van der Waals surface area contributed by atoms with Gasteiger partial charge in [0.1, 0.15) is 0 Å². The zero-order valence-corrected chi connectivity index (χ0v) is 11.8. The maximum absolute atomic E-state index is 11.9. The highest BCUT2D eigenvalue weighted by atomic mass is 31.2. The standard InChI is InChI=1S/C11H25O3P/c1-7-8-9-13-15(6,12)14-10(2)11(3,4)5/h10H,7-9H2,1-6H3. The van der Waals surface area contributed by atoms with Crippen LogP contribution in [0.3, 0.4) is 0 Å². The van der Waals surface area contributed by atoms with E-state index in [1.807, 2.05) is 6.92 Å². The van der Waals surface area contributed by atoms with Crippen molar-refractivity contribution in [1.29, 1.82) is 0 Å². The lowest BCUT2D eigenvalue weighted by atomic mass is 9.91. The fraction of sp³-hybridized carbons (Fsp3) is 1.00. The van der Waals surface area contributed by atoms with Gasteiger partial charge in [-0.3, -0.25) is 4.57 Å². The zero-order chi connectivity index (χ0) is 12.1. The number of unbranched alkanes of at least 4 members (excludes halogenated alkanes) is 1. The van der Waals surface area contributed by atoms with Crippen molar-refractivity contribution in [3.05, 3.63) is 0 Å². The summed E-state index contributed by atoms with van der Waals surface area (Å²) in [6, 6.07) is 0. The Hall–Kier alpha value is 0.150. The molecule has 0 aliphatic heterocycles. The van der Waals surface area contributed by atoms with Gasteiger partial charge in [-0.25, -0.2) is 0 Å². The third-order valence-corrected chi connectivity index (χ3v) is 3.74. The Bertz CT molecular complexity index is 220. The Labute approximate surface area is 94.1 Å². The molecule has 15 heavy (non-hydrogen) atoms. The second-order valence-electron chi connectivity index (χ2n) is 5.07. The van der Waals surface area contributed by atoms with Gasteiger partial charge in [-0.15, -0.1) is 0 Å². The normalized spacial score (nSPS) is 18.5. The quantitative estimate of drug-likeness (QED) is 0.515. The fourth-order valence-electron chi connectivity index (χ4n) is 0.850. The third kappa shape index (κ3) is 7.10. The lowest BCUT2D eigenvalue weighted by Crippen LogP contribution is -2.25. The first-order chi connectivity index (χ1) is 6.69. The van der Waals surface area contributed by atoms with Gasteiger partial charge in [0.25, 0.3) is 0 Å². The molecule has 0 heterocycles. The molecule has 2 atom stereocenters. The van der Waals surface area contributed by atoms with Crippen molar-refractivity contribution in [3.63, 3.8) is 0 Å². The molecule has 0 bridgehead atoms. The van der Waals surface area contributed by atoms with Gasteiger partial charge in [0.15, 0.2) is 0 Å². The van der Waals surface area contributed by atoms with E-state index < -0.39 is 7.60 Å². The first-order valence-corrected chi connectivity index (χ1v) is 7.58. The van der Waals surface area contributed by atoms with Gasteiger partial charge in [0.2, 0.25) is 0 Å². The van der Waals surface area contributed by atoms with Crippen molar-refractivity contribution in [1.82, 2.24) is 0 Å². The van der Waals surface area contributed by atoms with E-state index >= 15 is 0 Å². The van der Waals surface area contributed by atoms with Crippen LogP contribution in [-0.4, -0.2) is 19.4 Å². The van der Waals surface area contributed by atoms with E-state index in [-0.39, 0.29) is 11.5 Å². The Morgan fingerprint density at radius 2 is 1.87 bits per heavy atom. The van der Waals surface area contributed by atoms with Crippen LogP contribution in [0, 0.1) is 5.41 Å². The maximum atomic E-state index is 11.9. The molecule has 92 valence electrons. The Balaban J connectivity index is 4.08. The van der Waals surface area contributed by atoms with Gasteiger partial charge in [-0.2, -0.15) is 0 Å². The zero-order valence-electron chi connectivity index (χ0n) is 10.9. The summed E-state index contributed by atoms with van der Waals surface area (Å²) in [5, 5.41) is 0. The predicted molar refractivity (Wildman–Crippen MR) is 64.4 cm³/mol. The molecule has 0 aromatic carbocycles. The Kier molecular flexibility index (Phi) is 6.09. The summed E-state index contributed by atoms with van der Waals surface area (Å²) >= 11 is 0. The van der Waals surface area contributed by atoms with Crippen molar-refractivity contribution in [2.45, 2.75) is 53.6 Å². The second-order valence-corrected chi connectivity index (χ2v) is 7.08. The van der Waals surface area contributed by atoms with Crippen LogP contribution in [-0.2, 0) is 13.6 Å². The molecule has 0 fully saturated rings. The summed E-state index contributed by atoms with van der Waals surface area (Å²) in [5.74, 6) is 0. The monoisotopic (exact) mass is 236 g/mol. The van der Waals surface area contributed by atoms with E-state index in [4.69, 9.17) is 9.05 Å². The Morgan fingerprint density at radius 1 is 1.33 bits per heavy atom. The highest BCUT2D eigenvalue weighted by Crippen LogP contribution is 2.47. The van der Waals surface area contributed by atoms with E-state index in [2.05, 4.69) is 27.7 Å².